The van der Waals surface area contributed by atoms with Crippen LogP contribution >= 0.6 is 12.2 Å². The maximum atomic E-state index is 12.6. The van der Waals surface area contributed by atoms with Crippen LogP contribution in [0.3, 0.4) is 0 Å². The van der Waals surface area contributed by atoms with Crippen LogP contribution in [0.1, 0.15) is 35.4 Å². The normalized spacial score (nSPS) is 14.3. The molecule has 110 valence electrons. The van der Waals surface area contributed by atoms with E-state index >= 15 is 0 Å². The zero-order valence-corrected chi connectivity index (χ0v) is 12.8. The minimum absolute atomic E-state index is 0.0670. The lowest BCUT2D eigenvalue weighted by Crippen LogP contribution is -2.35. The summed E-state index contributed by atoms with van der Waals surface area (Å²) in [7, 11) is 0. The summed E-state index contributed by atoms with van der Waals surface area (Å²) in [6.07, 6.45) is 2.64. The zero-order valence-electron chi connectivity index (χ0n) is 12.0. The predicted octanol–water partition coefficient (Wildman–Crippen LogP) is 3.02. The lowest BCUT2D eigenvalue weighted by molar-refractivity contribution is 0.0718. The summed E-state index contributed by atoms with van der Waals surface area (Å²) in [6.45, 7) is 2.58. The van der Waals surface area contributed by atoms with Gasteiger partial charge in [-0.3, -0.25) is 4.79 Å². The molecule has 0 bridgehead atoms. The third-order valence-corrected chi connectivity index (χ3v) is 3.93. The van der Waals surface area contributed by atoms with E-state index in [9.17, 15) is 4.79 Å². The lowest BCUT2D eigenvalue weighted by atomic mass is 10.2. The number of carbonyl (C=O) groups excluding carboxylic acids is 1. The monoisotopic (exact) mass is 302 g/mol. The topological polar surface area (TPSA) is 59.5 Å². The summed E-state index contributed by atoms with van der Waals surface area (Å²) in [5, 5.41) is 0.962. The first-order chi connectivity index (χ1) is 10.0. The molecule has 1 aromatic carbocycles. The van der Waals surface area contributed by atoms with Crippen LogP contribution in [0.25, 0.3) is 11.0 Å². The van der Waals surface area contributed by atoms with E-state index in [0.29, 0.717) is 29.8 Å². The molecule has 0 unspecified atom stereocenters. The number of carbonyl (C=O) groups is 1. The van der Waals surface area contributed by atoms with Gasteiger partial charge in [-0.15, -0.1) is 0 Å². The maximum absolute atomic E-state index is 12.6. The summed E-state index contributed by atoms with van der Waals surface area (Å²) in [4.78, 5) is 14.9. The number of thiocarbonyl (C=S) groups is 1. The van der Waals surface area contributed by atoms with Gasteiger partial charge in [0.2, 0.25) is 0 Å². The van der Waals surface area contributed by atoms with Gasteiger partial charge in [0.1, 0.15) is 5.58 Å². The molecule has 1 aliphatic rings. The van der Waals surface area contributed by atoms with E-state index in [1.807, 2.05) is 36.1 Å². The molecule has 4 nitrogen and oxygen atoms in total. The molecule has 1 aliphatic carbocycles. The van der Waals surface area contributed by atoms with E-state index in [1.165, 1.54) is 0 Å². The average Bonchev–Trinajstić information content (AvgIpc) is 3.17. The summed E-state index contributed by atoms with van der Waals surface area (Å²) < 4.78 is 5.70. The number of nitrogens with zero attached hydrogens (tertiary/aromatic N) is 1. The van der Waals surface area contributed by atoms with Crippen LogP contribution in [0, 0.1) is 6.92 Å². The highest BCUT2D eigenvalue weighted by atomic mass is 32.1. The third kappa shape index (κ3) is 3.08. The zero-order chi connectivity index (χ0) is 15.0. The van der Waals surface area contributed by atoms with Crippen molar-refractivity contribution in [2.45, 2.75) is 32.2 Å². The largest absolute Gasteiger partial charge is 0.451 e. The Hall–Kier alpha value is -1.88. The second-order valence-corrected chi connectivity index (χ2v) is 6.12. The standard InChI is InChI=1S/C16H18N2O2S/c1-10-2-5-13-11(8-10)9-14(20-13)16(19)18(12-3-4-12)7-6-15(17)21/h2,5,8-9,12H,3-4,6-7H2,1H3,(H2,17,21). The first-order valence-corrected chi connectivity index (χ1v) is 7.55. The molecule has 2 aromatic rings. The smallest absolute Gasteiger partial charge is 0.289 e. The van der Waals surface area contributed by atoms with Crippen molar-refractivity contribution >= 4 is 34.1 Å². The van der Waals surface area contributed by atoms with Gasteiger partial charge in [-0.25, -0.2) is 0 Å². The number of furan rings is 1. The van der Waals surface area contributed by atoms with Crippen molar-refractivity contribution in [2.24, 2.45) is 5.73 Å². The van der Waals surface area contributed by atoms with Crippen molar-refractivity contribution in [3.63, 3.8) is 0 Å². The van der Waals surface area contributed by atoms with Crippen LogP contribution in [0.5, 0.6) is 0 Å². The number of aryl methyl sites for hydroxylation is 1. The second-order valence-electron chi connectivity index (χ2n) is 5.60. The van der Waals surface area contributed by atoms with E-state index in [-0.39, 0.29) is 5.91 Å². The minimum Gasteiger partial charge on any atom is -0.451 e. The van der Waals surface area contributed by atoms with Crippen LogP contribution in [0.4, 0.5) is 0 Å². The number of fused-ring (bicyclic) bond motifs is 1. The number of hydrogen-bond donors (Lipinski definition) is 1. The molecule has 0 aliphatic heterocycles. The Kier molecular flexibility index (Phi) is 3.68. The predicted molar refractivity (Wildman–Crippen MR) is 86.4 cm³/mol. The number of hydrogen-bond acceptors (Lipinski definition) is 3. The van der Waals surface area contributed by atoms with Crippen molar-refractivity contribution in [1.82, 2.24) is 4.90 Å². The van der Waals surface area contributed by atoms with Crippen LogP contribution in [0.2, 0.25) is 0 Å². The van der Waals surface area contributed by atoms with Gasteiger partial charge in [-0.1, -0.05) is 23.8 Å². The van der Waals surface area contributed by atoms with E-state index in [1.54, 1.807) is 0 Å². The molecule has 1 saturated carbocycles. The molecule has 0 atom stereocenters. The SMILES string of the molecule is Cc1ccc2oc(C(=O)N(CCC(N)=S)C3CC3)cc2c1. The van der Waals surface area contributed by atoms with Gasteiger partial charge in [0.15, 0.2) is 5.76 Å². The van der Waals surface area contributed by atoms with Crippen molar-refractivity contribution in [2.75, 3.05) is 6.54 Å². The summed E-state index contributed by atoms with van der Waals surface area (Å²) in [5.41, 5.74) is 7.44. The molecule has 1 amide bonds. The fourth-order valence-electron chi connectivity index (χ4n) is 2.48. The highest BCUT2D eigenvalue weighted by Crippen LogP contribution is 2.30. The quantitative estimate of drug-likeness (QED) is 0.863. The van der Waals surface area contributed by atoms with E-state index in [0.717, 1.165) is 29.4 Å². The fourth-order valence-corrected chi connectivity index (χ4v) is 2.57. The molecule has 0 saturated heterocycles. The van der Waals surface area contributed by atoms with Crippen LogP contribution in [-0.4, -0.2) is 28.4 Å². The van der Waals surface area contributed by atoms with Crippen LogP contribution < -0.4 is 5.73 Å². The van der Waals surface area contributed by atoms with E-state index in [2.05, 4.69) is 0 Å². The van der Waals surface area contributed by atoms with Crippen molar-refractivity contribution in [1.29, 1.82) is 0 Å². The molecule has 0 spiro atoms. The van der Waals surface area contributed by atoms with Gasteiger partial charge in [-0.05, 0) is 38.0 Å². The van der Waals surface area contributed by atoms with Gasteiger partial charge in [0, 0.05) is 24.4 Å². The third-order valence-electron chi connectivity index (χ3n) is 3.73. The van der Waals surface area contributed by atoms with Crippen molar-refractivity contribution in [3.05, 3.63) is 35.6 Å². The molecule has 3 rings (SSSR count). The Labute approximate surface area is 128 Å². The fraction of sp³-hybridized carbons (Fsp3) is 0.375. The first kappa shape index (κ1) is 14.1. The number of nitrogens with two attached hydrogens (primary N) is 1. The first-order valence-electron chi connectivity index (χ1n) is 7.14. The van der Waals surface area contributed by atoms with Crippen LogP contribution in [-0.2, 0) is 0 Å². The molecule has 5 heteroatoms. The van der Waals surface area contributed by atoms with Crippen molar-refractivity contribution < 1.29 is 9.21 Å². The Morgan fingerprint density at radius 1 is 1.43 bits per heavy atom. The maximum Gasteiger partial charge on any atom is 0.289 e. The molecule has 21 heavy (non-hydrogen) atoms. The molecular weight excluding hydrogens is 284 g/mol. The second kappa shape index (κ2) is 5.48. The molecule has 2 N–H and O–H groups in total. The average molecular weight is 302 g/mol. The number of amides is 1. The van der Waals surface area contributed by atoms with Gasteiger partial charge in [-0.2, -0.15) is 0 Å². The van der Waals surface area contributed by atoms with E-state index in [4.69, 9.17) is 22.4 Å². The summed E-state index contributed by atoms with van der Waals surface area (Å²) in [5.74, 6) is 0.327. The highest BCUT2D eigenvalue weighted by Gasteiger charge is 2.34. The van der Waals surface area contributed by atoms with E-state index < -0.39 is 0 Å². The van der Waals surface area contributed by atoms with Gasteiger partial charge in [0.05, 0.1) is 4.99 Å². The Morgan fingerprint density at radius 2 is 2.19 bits per heavy atom. The Morgan fingerprint density at radius 3 is 2.86 bits per heavy atom. The van der Waals surface area contributed by atoms with Gasteiger partial charge >= 0.3 is 0 Å². The van der Waals surface area contributed by atoms with Gasteiger partial charge in [0.25, 0.3) is 5.91 Å². The Balaban J connectivity index is 1.84. The van der Waals surface area contributed by atoms with Crippen LogP contribution in [0.15, 0.2) is 28.7 Å². The Bertz CT molecular complexity index is 703. The summed E-state index contributed by atoms with van der Waals surface area (Å²) in [6, 6.07) is 8.03. The molecule has 0 radical (unpaired) electrons. The summed E-state index contributed by atoms with van der Waals surface area (Å²) >= 11 is 4.91. The molecule has 1 fully saturated rings. The van der Waals surface area contributed by atoms with Crippen molar-refractivity contribution in [3.8, 4) is 0 Å². The van der Waals surface area contributed by atoms with Gasteiger partial charge < -0.3 is 15.1 Å². The number of rotatable bonds is 5. The lowest BCUT2D eigenvalue weighted by Gasteiger charge is -2.20. The molecule has 1 heterocycles. The highest BCUT2D eigenvalue weighted by molar-refractivity contribution is 7.80. The minimum atomic E-state index is -0.0670. The molecular formula is C16H18N2O2S. The molecule has 1 aromatic heterocycles. The number of benzene rings is 1.